The van der Waals surface area contributed by atoms with E-state index in [1.54, 1.807) is 18.3 Å². The van der Waals surface area contributed by atoms with Crippen LogP contribution in [0.5, 0.6) is 0 Å². The van der Waals surface area contributed by atoms with Crippen molar-refractivity contribution < 1.29 is 0 Å². The summed E-state index contributed by atoms with van der Waals surface area (Å²) in [4.78, 5) is 16.0. The number of fused-ring (bicyclic) bond motifs is 1. The van der Waals surface area contributed by atoms with Crippen molar-refractivity contribution in [3.8, 4) is 12.3 Å². The Labute approximate surface area is 93.0 Å². The molecule has 0 fully saturated rings. The van der Waals surface area contributed by atoms with Crippen molar-refractivity contribution in [1.82, 2.24) is 14.7 Å². The second-order valence-electron chi connectivity index (χ2n) is 3.32. The molecular weight excluding hydrogens is 202 g/mol. The maximum Gasteiger partial charge on any atom is 0.258 e. The highest BCUT2D eigenvalue weighted by atomic mass is 16.1. The van der Waals surface area contributed by atoms with E-state index in [1.807, 2.05) is 6.07 Å². The van der Waals surface area contributed by atoms with E-state index in [2.05, 4.69) is 16.2 Å². The quantitative estimate of drug-likeness (QED) is 0.593. The molecule has 0 unspecified atom stereocenters. The lowest BCUT2D eigenvalue weighted by molar-refractivity contribution is 0.746. The van der Waals surface area contributed by atoms with Gasteiger partial charge in [0.15, 0.2) is 0 Å². The fraction of sp³-hybridized carbons (Fsp3) is 0.167. The molecular formula is C12H11N3O. The van der Waals surface area contributed by atoms with Gasteiger partial charge in [-0.3, -0.25) is 9.20 Å². The highest BCUT2D eigenvalue weighted by Gasteiger charge is 2.00. The smallest absolute Gasteiger partial charge is 0.258 e. The third-order valence-corrected chi connectivity index (χ3v) is 2.16. The Kier molecular flexibility index (Phi) is 2.99. The molecule has 2 aromatic heterocycles. The zero-order valence-electron chi connectivity index (χ0n) is 8.68. The first-order chi connectivity index (χ1) is 7.81. The summed E-state index contributed by atoms with van der Waals surface area (Å²) in [6.07, 6.45) is 6.81. The Morgan fingerprint density at radius 2 is 2.38 bits per heavy atom. The minimum atomic E-state index is -0.0805. The largest absolute Gasteiger partial charge is 0.301 e. The predicted octanol–water partition coefficient (Wildman–Crippen LogP) is 0.417. The average Bonchev–Trinajstić information content (AvgIpc) is 2.30. The average molecular weight is 213 g/mol. The summed E-state index contributed by atoms with van der Waals surface area (Å²) in [5, 5.41) is 3.00. The number of nitrogens with zero attached hydrogens (tertiary/aromatic N) is 2. The van der Waals surface area contributed by atoms with E-state index in [0.29, 0.717) is 24.4 Å². The lowest BCUT2D eigenvalue weighted by Gasteiger charge is -2.03. The van der Waals surface area contributed by atoms with Crippen molar-refractivity contribution in [3.63, 3.8) is 0 Å². The molecule has 0 atom stereocenters. The standard InChI is InChI=1S/C12H11N3O/c1-2-6-13-9-10-8-12(16)15-7-4-3-5-11(15)14-10/h1,3-5,7-8,13H,6,9H2. The molecule has 2 heterocycles. The number of rotatable bonds is 3. The molecule has 2 rings (SSSR count). The Morgan fingerprint density at radius 3 is 3.19 bits per heavy atom. The fourth-order valence-electron chi connectivity index (χ4n) is 1.46. The summed E-state index contributed by atoms with van der Waals surface area (Å²) >= 11 is 0. The summed E-state index contributed by atoms with van der Waals surface area (Å²) in [5.74, 6) is 2.47. The predicted molar refractivity (Wildman–Crippen MR) is 62.0 cm³/mol. The first kappa shape index (κ1) is 10.4. The van der Waals surface area contributed by atoms with Gasteiger partial charge in [0.1, 0.15) is 5.65 Å². The van der Waals surface area contributed by atoms with Gasteiger partial charge in [-0.05, 0) is 12.1 Å². The Bertz CT molecular complexity index is 595. The minimum absolute atomic E-state index is 0.0805. The number of aromatic nitrogens is 2. The summed E-state index contributed by atoms with van der Waals surface area (Å²) in [6, 6.07) is 6.95. The topological polar surface area (TPSA) is 46.4 Å². The van der Waals surface area contributed by atoms with Crippen molar-refractivity contribution in [2.45, 2.75) is 6.54 Å². The van der Waals surface area contributed by atoms with E-state index in [1.165, 1.54) is 10.5 Å². The van der Waals surface area contributed by atoms with E-state index in [-0.39, 0.29) is 5.56 Å². The van der Waals surface area contributed by atoms with Crippen LogP contribution in [0.15, 0.2) is 35.3 Å². The van der Waals surface area contributed by atoms with Crippen molar-refractivity contribution in [1.29, 1.82) is 0 Å². The molecule has 0 radical (unpaired) electrons. The van der Waals surface area contributed by atoms with Gasteiger partial charge in [-0.1, -0.05) is 12.0 Å². The van der Waals surface area contributed by atoms with Crippen LogP contribution in [-0.4, -0.2) is 15.9 Å². The third kappa shape index (κ3) is 2.10. The molecule has 0 aliphatic carbocycles. The monoisotopic (exact) mass is 213 g/mol. The molecule has 16 heavy (non-hydrogen) atoms. The molecule has 0 amide bonds. The van der Waals surface area contributed by atoms with Crippen molar-refractivity contribution >= 4 is 5.65 Å². The van der Waals surface area contributed by atoms with Crippen LogP contribution in [0.25, 0.3) is 5.65 Å². The van der Waals surface area contributed by atoms with Gasteiger partial charge in [0.05, 0.1) is 12.2 Å². The van der Waals surface area contributed by atoms with Gasteiger partial charge < -0.3 is 5.32 Å². The first-order valence-corrected chi connectivity index (χ1v) is 4.93. The molecule has 4 heteroatoms. The number of nitrogens with one attached hydrogen (secondary N) is 1. The normalized spacial score (nSPS) is 10.2. The van der Waals surface area contributed by atoms with Gasteiger partial charge >= 0.3 is 0 Å². The summed E-state index contributed by atoms with van der Waals surface area (Å²) in [5.41, 5.74) is 1.27. The number of terminal acetylenes is 1. The van der Waals surface area contributed by atoms with Crippen LogP contribution >= 0.6 is 0 Å². The molecule has 2 aromatic rings. The Hall–Kier alpha value is -2.12. The van der Waals surface area contributed by atoms with Crippen molar-refractivity contribution in [2.24, 2.45) is 0 Å². The molecule has 0 aromatic carbocycles. The molecule has 80 valence electrons. The fourth-order valence-corrected chi connectivity index (χ4v) is 1.46. The van der Waals surface area contributed by atoms with Gasteiger partial charge in [0.25, 0.3) is 5.56 Å². The molecule has 0 aliphatic heterocycles. The van der Waals surface area contributed by atoms with Crippen LogP contribution in [-0.2, 0) is 6.54 Å². The minimum Gasteiger partial charge on any atom is -0.301 e. The van der Waals surface area contributed by atoms with Crippen LogP contribution in [0.2, 0.25) is 0 Å². The highest BCUT2D eigenvalue weighted by molar-refractivity contribution is 5.37. The van der Waals surface area contributed by atoms with E-state index in [4.69, 9.17) is 6.42 Å². The SMILES string of the molecule is C#CCNCc1cc(=O)n2ccccc2n1. The molecule has 1 N–H and O–H groups in total. The second-order valence-corrected chi connectivity index (χ2v) is 3.32. The number of hydrogen-bond donors (Lipinski definition) is 1. The van der Waals surface area contributed by atoms with Crippen LogP contribution in [0.3, 0.4) is 0 Å². The number of pyridine rings is 1. The van der Waals surface area contributed by atoms with E-state index < -0.39 is 0 Å². The molecule has 4 nitrogen and oxygen atoms in total. The summed E-state index contributed by atoms with van der Waals surface area (Å²) < 4.78 is 1.50. The van der Waals surface area contributed by atoms with Crippen LogP contribution in [0.4, 0.5) is 0 Å². The zero-order valence-corrected chi connectivity index (χ0v) is 8.68. The zero-order chi connectivity index (χ0) is 11.4. The molecule has 0 saturated heterocycles. The molecule has 0 spiro atoms. The molecule has 0 bridgehead atoms. The van der Waals surface area contributed by atoms with Crippen LogP contribution < -0.4 is 10.9 Å². The van der Waals surface area contributed by atoms with E-state index >= 15 is 0 Å². The number of hydrogen-bond acceptors (Lipinski definition) is 3. The highest BCUT2D eigenvalue weighted by Crippen LogP contribution is 1.97. The van der Waals surface area contributed by atoms with E-state index in [9.17, 15) is 4.79 Å². The van der Waals surface area contributed by atoms with Gasteiger partial charge in [-0.15, -0.1) is 6.42 Å². The maximum absolute atomic E-state index is 11.7. The van der Waals surface area contributed by atoms with Crippen LogP contribution in [0, 0.1) is 12.3 Å². The Morgan fingerprint density at radius 1 is 1.50 bits per heavy atom. The maximum atomic E-state index is 11.7. The van der Waals surface area contributed by atoms with E-state index in [0.717, 1.165) is 0 Å². The second kappa shape index (κ2) is 4.60. The lowest BCUT2D eigenvalue weighted by atomic mass is 10.3. The lowest BCUT2D eigenvalue weighted by Crippen LogP contribution is -2.19. The third-order valence-electron chi connectivity index (χ3n) is 2.16. The van der Waals surface area contributed by atoms with Gasteiger partial charge in [-0.2, -0.15) is 0 Å². The summed E-state index contributed by atoms with van der Waals surface area (Å²) in [6.45, 7) is 0.973. The first-order valence-electron chi connectivity index (χ1n) is 4.93. The Balaban J connectivity index is 2.35. The van der Waals surface area contributed by atoms with Crippen LogP contribution in [0.1, 0.15) is 5.69 Å². The van der Waals surface area contributed by atoms with Crippen molar-refractivity contribution in [2.75, 3.05) is 6.54 Å². The molecule has 0 saturated carbocycles. The summed E-state index contributed by atoms with van der Waals surface area (Å²) in [7, 11) is 0. The van der Waals surface area contributed by atoms with Gasteiger partial charge in [0, 0.05) is 18.8 Å². The van der Waals surface area contributed by atoms with Gasteiger partial charge in [0.2, 0.25) is 0 Å². The molecule has 0 aliphatic rings. The van der Waals surface area contributed by atoms with Crippen molar-refractivity contribution in [3.05, 3.63) is 46.5 Å². The van der Waals surface area contributed by atoms with Gasteiger partial charge in [-0.25, -0.2) is 4.98 Å².